The summed E-state index contributed by atoms with van der Waals surface area (Å²) in [5.41, 5.74) is 19.4. The molecule has 56 heavy (non-hydrogen) atoms. The number of aliphatic carboxylic acids is 1. The Morgan fingerprint density at radius 1 is 0.839 bits per heavy atom. The van der Waals surface area contributed by atoms with Crippen LogP contribution in [0.4, 0.5) is 0 Å². The fraction of sp³-hybridized carbons (Fsp3) is 0.585. The van der Waals surface area contributed by atoms with Crippen LogP contribution < -0.4 is 42.6 Å². The Morgan fingerprint density at radius 2 is 1.43 bits per heavy atom. The van der Waals surface area contributed by atoms with E-state index in [0.29, 0.717) is 40.2 Å². The van der Waals surface area contributed by atoms with E-state index in [1.54, 1.807) is 36.4 Å². The molecule has 0 aromatic heterocycles. The van der Waals surface area contributed by atoms with Crippen molar-refractivity contribution in [1.29, 1.82) is 0 Å². The van der Waals surface area contributed by atoms with Crippen molar-refractivity contribution >= 4 is 29.6 Å². The third kappa shape index (κ3) is 13.8. The summed E-state index contributed by atoms with van der Waals surface area (Å²) in [6, 6.07) is 5.28. The maximum absolute atomic E-state index is 14.3. The number of hydrogen-bond acceptors (Lipinski definition) is 10. The molecule has 1 aliphatic rings. The number of ether oxygens (including phenoxy) is 2. The minimum absolute atomic E-state index is 0.0716. The number of benzene rings is 2. The highest BCUT2D eigenvalue weighted by atomic mass is 16.5. The number of nitrogens with two attached hydrogens (primary N) is 3. The summed E-state index contributed by atoms with van der Waals surface area (Å²) >= 11 is 0. The van der Waals surface area contributed by atoms with Crippen molar-refractivity contribution in [1.82, 2.24) is 20.9 Å². The lowest BCUT2D eigenvalue weighted by atomic mass is 9.93. The zero-order valence-electron chi connectivity index (χ0n) is 33.3. The zero-order chi connectivity index (χ0) is 41.0. The molecule has 2 aromatic carbocycles. The Balaban J connectivity index is 2.02. The van der Waals surface area contributed by atoms with E-state index in [4.69, 9.17) is 26.7 Å². The van der Waals surface area contributed by atoms with Gasteiger partial charge in [-0.15, -0.1) is 0 Å². The van der Waals surface area contributed by atoms with Gasteiger partial charge < -0.3 is 52.6 Å². The van der Waals surface area contributed by atoms with Crippen LogP contribution in [0.1, 0.15) is 102 Å². The van der Waals surface area contributed by atoms with Crippen molar-refractivity contribution in [3.63, 3.8) is 0 Å². The van der Waals surface area contributed by atoms with Gasteiger partial charge in [0.1, 0.15) is 48.9 Å². The third-order valence-corrected chi connectivity index (χ3v) is 9.79. The number of nitrogens with zero attached hydrogens (tertiary/aromatic N) is 1. The van der Waals surface area contributed by atoms with E-state index in [1.807, 2.05) is 0 Å². The van der Waals surface area contributed by atoms with Crippen LogP contribution in [0.5, 0.6) is 11.5 Å². The molecule has 0 spiro atoms. The van der Waals surface area contributed by atoms with E-state index in [1.165, 1.54) is 51.0 Å². The molecule has 0 fully saturated rings. The van der Waals surface area contributed by atoms with Gasteiger partial charge in [0.25, 0.3) is 0 Å². The van der Waals surface area contributed by atoms with Crippen molar-refractivity contribution < 1.29 is 38.6 Å². The van der Waals surface area contributed by atoms with Crippen molar-refractivity contribution in [3.05, 3.63) is 47.5 Å². The number of carboxylic acid groups (broad SMARTS) is 1. The molecular formula is C41H63N7O8. The first-order valence-electron chi connectivity index (χ1n) is 20.0. The van der Waals surface area contributed by atoms with E-state index < -0.39 is 47.9 Å². The van der Waals surface area contributed by atoms with Crippen LogP contribution >= 0.6 is 0 Å². The highest BCUT2D eigenvalue weighted by Gasteiger charge is 2.36. The molecule has 0 saturated carbocycles. The summed E-state index contributed by atoms with van der Waals surface area (Å²) < 4.78 is 12.0. The molecule has 310 valence electrons. The predicted octanol–water partition coefficient (Wildman–Crippen LogP) is 2.91. The summed E-state index contributed by atoms with van der Waals surface area (Å²) in [4.78, 5) is 68.5. The average molecular weight is 782 g/mol. The molecule has 4 bridgehead atoms. The highest BCUT2D eigenvalue weighted by molar-refractivity contribution is 5.96. The molecule has 10 N–H and O–H groups in total. The van der Waals surface area contributed by atoms with Crippen LogP contribution in [0.15, 0.2) is 36.4 Å². The van der Waals surface area contributed by atoms with Gasteiger partial charge in [0, 0.05) is 44.1 Å². The normalized spacial score (nSPS) is 17.5. The van der Waals surface area contributed by atoms with E-state index in [2.05, 4.69) is 22.9 Å². The van der Waals surface area contributed by atoms with Crippen LogP contribution in [0.3, 0.4) is 0 Å². The van der Waals surface area contributed by atoms with E-state index >= 15 is 0 Å². The summed E-state index contributed by atoms with van der Waals surface area (Å²) in [7, 11) is 1.45. The van der Waals surface area contributed by atoms with Gasteiger partial charge in [-0.3, -0.25) is 19.2 Å². The van der Waals surface area contributed by atoms with Crippen molar-refractivity contribution in [2.75, 3.05) is 39.9 Å². The lowest BCUT2D eigenvalue weighted by Gasteiger charge is -2.32. The summed E-state index contributed by atoms with van der Waals surface area (Å²) in [6.07, 6.45) is 10.2. The molecule has 0 saturated heterocycles. The number of nitrogens with one attached hydrogen (secondary N) is 3. The number of hydrogen-bond donors (Lipinski definition) is 7. The van der Waals surface area contributed by atoms with E-state index in [9.17, 15) is 29.1 Å². The van der Waals surface area contributed by atoms with Crippen molar-refractivity contribution in [2.45, 2.75) is 115 Å². The Bertz CT molecular complexity index is 1610. The fourth-order valence-electron chi connectivity index (χ4n) is 6.73. The second kappa shape index (κ2) is 24.0. The fourth-order valence-corrected chi connectivity index (χ4v) is 6.73. The monoisotopic (exact) mass is 781 g/mol. The van der Waals surface area contributed by atoms with Gasteiger partial charge in [-0.25, -0.2) is 4.79 Å². The number of rotatable bonds is 22. The quantitative estimate of drug-likeness (QED) is 0.0857. The smallest absolute Gasteiger partial charge is 0.326 e. The standard InChI is InChI=1S/C41H63N7O8/c1-4-5-6-7-8-9-10-11-12-13-36(49)46-32(18-19-42)40(52)48(3)37-29-15-17-35(56-23-21-44)31(26-29)30-24-28(14-16-34(30)55-22-20-43)25-33(41(53)54)47-38(50)27(2)45-39(37)51/h14-17,24,26-27,32-33,37H,4-13,18-23,25,42-44H2,1-3H3,(H,45,51)(H,46,49)(H,47,50)(H,53,54). The first-order valence-corrected chi connectivity index (χ1v) is 20.0. The minimum atomic E-state index is -1.33. The molecule has 1 aliphatic heterocycles. The maximum Gasteiger partial charge on any atom is 0.326 e. The van der Waals surface area contributed by atoms with Gasteiger partial charge in [-0.2, -0.15) is 0 Å². The second-order valence-electron chi connectivity index (χ2n) is 14.3. The Morgan fingerprint density at radius 3 is 2.02 bits per heavy atom. The number of unbranched alkanes of at least 4 members (excludes halogenated alkanes) is 8. The molecule has 0 radical (unpaired) electrons. The number of fused-ring (bicyclic) bond motifs is 5. The lowest BCUT2D eigenvalue weighted by molar-refractivity contribution is -0.143. The Kier molecular flexibility index (Phi) is 19.6. The van der Waals surface area contributed by atoms with Crippen LogP contribution in [-0.4, -0.2) is 97.6 Å². The first kappa shape index (κ1) is 45.7. The topological polar surface area (TPSA) is 241 Å². The van der Waals surface area contributed by atoms with Gasteiger partial charge in [0.15, 0.2) is 0 Å². The predicted molar refractivity (Wildman–Crippen MR) is 215 cm³/mol. The summed E-state index contributed by atoms with van der Waals surface area (Å²) in [5.74, 6) is -2.74. The molecule has 2 aromatic rings. The molecule has 15 nitrogen and oxygen atoms in total. The molecule has 4 atom stereocenters. The molecule has 4 amide bonds. The van der Waals surface area contributed by atoms with Crippen LogP contribution in [-0.2, 0) is 30.4 Å². The lowest BCUT2D eigenvalue weighted by Crippen LogP contribution is -2.55. The first-order chi connectivity index (χ1) is 26.9. The number of carbonyl (C=O) groups excluding carboxylic acids is 4. The van der Waals surface area contributed by atoms with Crippen LogP contribution in [0, 0.1) is 0 Å². The van der Waals surface area contributed by atoms with Crippen LogP contribution in [0.2, 0.25) is 0 Å². The van der Waals surface area contributed by atoms with Gasteiger partial charge >= 0.3 is 5.97 Å². The highest BCUT2D eigenvalue weighted by Crippen LogP contribution is 2.40. The molecule has 15 heteroatoms. The van der Waals surface area contributed by atoms with Crippen molar-refractivity contribution in [2.24, 2.45) is 17.2 Å². The van der Waals surface area contributed by atoms with Gasteiger partial charge in [0.05, 0.1) is 0 Å². The SMILES string of the molecule is CCCCCCCCCCCC(=O)NC(CCN)C(=O)N(C)C1C(=O)NC(C)C(=O)NC(C(=O)O)Cc2ccc(OCCN)c(c2)-c2cc1ccc2OCCN. The maximum atomic E-state index is 14.3. The molecular weight excluding hydrogens is 718 g/mol. The van der Waals surface area contributed by atoms with Crippen molar-refractivity contribution in [3.8, 4) is 22.6 Å². The number of carboxylic acids is 1. The summed E-state index contributed by atoms with van der Waals surface area (Å²) in [5, 5.41) is 18.1. The van der Waals surface area contributed by atoms with Gasteiger partial charge in [-0.05, 0) is 61.7 Å². The average Bonchev–Trinajstić information content (AvgIpc) is 3.17. The molecule has 4 unspecified atom stereocenters. The number of carbonyl (C=O) groups is 5. The zero-order valence-corrected chi connectivity index (χ0v) is 33.3. The Labute approximate surface area is 330 Å². The third-order valence-electron chi connectivity index (χ3n) is 9.79. The minimum Gasteiger partial charge on any atom is -0.492 e. The summed E-state index contributed by atoms with van der Waals surface area (Å²) in [6.45, 7) is 4.49. The number of amides is 4. The number of likely N-dealkylation sites (N-methyl/N-ethyl adjacent to an activating group) is 1. The van der Waals surface area contributed by atoms with Gasteiger partial charge in [0.2, 0.25) is 23.6 Å². The Hall–Kier alpha value is -4.73. The van der Waals surface area contributed by atoms with E-state index in [0.717, 1.165) is 19.3 Å². The second-order valence-corrected chi connectivity index (χ2v) is 14.3. The molecule has 3 rings (SSSR count). The van der Waals surface area contributed by atoms with Gasteiger partial charge in [-0.1, -0.05) is 70.4 Å². The largest absolute Gasteiger partial charge is 0.492 e. The molecule has 1 heterocycles. The van der Waals surface area contributed by atoms with E-state index in [-0.39, 0.29) is 58.0 Å². The molecule has 0 aliphatic carbocycles. The van der Waals surface area contributed by atoms with Crippen LogP contribution in [0.25, 0.3) is 11.1 Å².